The van der Waals surface area contributed by atoms with Crippen molar-refractivity contribution in [1.29, 1.82) is 0 Å². The van der Waals surface area contributed by atoms with Gasteiger partial charge in [-0.3, -0.25) is 4.79 Å². The number of hydrogen-bond donors (Lipinski definition) is 1. The first kappa shape index (κ1) is 14.6. The highest BCUT2D eigenvalue weighted by atomic mass is 32.2. The molecule has 0 radical (unpaired) electrons. The Morgan fingerprint density at radius 3 is 2.70 bits per heavy atom. The molecular formula is C13H17NO5S. The van der Waals surface area contributed by atoms with Gasteiger partial charge < -0.3 is 14.7 Å². The summed E-state index contributed by atoms with van der Waals surface area (Å²) in [4.78, 5) is 12.5. The van der Waals surface area contributed by atoms with Gasteiger partial charge in [0.25, 0.3) is 0 Å². The Bertz CT molecular complexity index is 651. The van der Waals surface area contributed by atoms with Gasteiger partial charge in [0.05, 0.1) is 17.1 Å². The third kappa shape index (κ3) is 2.87. The molecule has 2 rings (SSSR count). The molecule has 1 aliphatic rings. The van der Waals surface area contributed by atoms with Crippen molar-refractivity contribution in [2.24, 2.45) is 0 Å². The monoisotopic (exact) mass is 299 g/mol. The first-order valence-electron chi connectivity index (χ1n) is 6.09. The quantitative estimate of drug-likeness (QED) is 0.901. The van der Waals surface area contributed by atoms with Crippen LogP contribution in [0.15, 0.2) is 23.1 Å². The van der Waals surface area contributed by atoms with Crippen LogP contribution in [0, 0.1) is 0 Å². The van der Waals surface area contributed by atoms with Crippen LogP contribution in [-0.2, 0) is 14.6 Å². The van der Waals surface area contributed by atoms with Gasteiger partial charge >= 0.3 is 5.97 Å². The molecule has 20 heavy (non-hydrogen) atoms. The largest absolute Gasteiger partial charge is 0.484 e. The third-order valence-electron chi connectivity index (χ3n) is 3.02. The van der Waals surface area contributed by atoms with E-state index in [-0.39, 0.29) is 10.5 Å². The minimum Gasteiger partial charge on any atom is -0.484 e. The summed E-state index contributed by atoms with van der Waals surface area (Å²) in [7, 11) is -1.98. The number of anilines is 1. The molecule has 1 heterocycles. The Labute approximate surface area is 117 Å². The second-order valence-corrected chi connectivity index (χ2v) is 7.49. The number of carbonyl (C=O) groups is 1. The minimum absolute atomic E-state index is 0.00574. The van der Waals surface area contributed by atoms with Crippen LogP contribution in [0.5, 0.6) is 5.75 Å². The Morgan fingerprint density at radius 1 is 1.45 bits per heavy atom. The van der Waals surface area contributed by atoms with E-state index in [0.29, 0.717) is 18.0 Å². The number of benzene rings is 1. The van der Waals surface area contributed by atoms with Gasteiger partial charge in [-0.25, -0.2) is 8.42 Å². The van der Waals surface area contributed by atoms with Crippen LogP contribution < -0.4 is 9.64 Å². The highest BCUT2D eigenvalue weighted by Crippen LogP contribution is 2.37. The number of carboxylic acids is 1. The number of fused-ring (bicyclic) bond motifs is 1. The van der Waals surface area contributed by atoms with Gasteiger partial charge in [0.2, 0.25) is 0 Å². The van der Waals surface area contributed by atoms with Gasteiger partial charge in [-0.05, 0) is 32.0 Å². The normalized spacial score (nSPS) is 17.2. The molecule has 0 spiro atoms. The molecule has 0 aliphatic carbocycles. The van der Waals surface area contributed by atoms with E-state index in [4.69, 9.17) is 9.84 Å². The maximum atomic E-state index is 11.9. The van der Waals surface area contributed by atoms with E-state index >= 15 is 0 Å². The highest BCUT2D eigenvalue weighted by molar-refractivity contribution is 7.92. The Morgan fingerprint density at radius 2 is 2.10 bits per heavy atom. The zero-order chi connectivity index (χ0) is 15.1. The molecule has 1 aromatic carbocycles. The molecule has 6 nitrogen and oxygen atoms in total. The Kier molecular flexibility index (Phi) is 3.41. The molecular weight excluding hydrogens is 282 g/mol. The molecule has 0 unspecified atom stereocenters. The van der Waals surface area contributed by atoms with Gasteiger partial charge in [-0.2, -0.15) is 0 Å². The van der Waals surface area contributed by atoms with Crippen LogP contribution in [0.25, 0.3) is 0 Å². The summed E-state index contributed by atoms with van der Waals surface area (Å²) in [5, 5.41) is 8.66. The zero-order valence-corrected chi connectivity index (χ0v) is 12.4. The van der Waals surface area contributed by atoms with E-state index in [1.807, 2.05) is 25.8 Å². The number of rotatable bonds is 3. The molecule has 0 aromatic heterocycles. The summed E-state index contributed by atoms with van der Waals surface area (Å²) in [5.41, 5.74) is 0.291. The lowest BCUT2D eigenvalue weighted by molar-refractivity contribution is -0.134. The standard InChI is InChI=1S/C13H17NO5S/c1-13(2)8-14(3)10-6-9(4-5-11(10)19-13)20(17,18)7-12(15)16/h4-6H,7-8H2,1-3H3,(H,15,16). The van der Waals surface area contributed by atoms with Crippen molar-refractivity contribution < 1.29 is 23.1 Å². The Hall–Kier alpha value is -1.76. The van der Waals surface area contributed by atoms with Gasteiger partial charge in [0.15, 0.2) is 15.6 Å². The van der Waals surface area contributed by atoms with E-state index in [9.17, 15) is 13.2 Å². The maximum Gasteiger partial charge on any atom is 0.319 e. The number of sulfone groups is 1. The third-order valence-corrected chi connectivity index (χ3v) is 4.62. The smallest absolute Gasteiger partial charge is 0.319 e. The van der Waals surface area contributed by atoms with Crippen LogP contribution in [0.1, 0.15) is 13.8 Å². The predicted octanol–water partition coefficient (Wildman–Crippen LogP) is 1.15. The number of carboxylic acid groups (broad SMARTS) is 1. The van der Waals surface area contributed by atoms with Gasteiger partial charge in [0, 0.05) is 7.05 Å². The maximum absolute atomic E-state index is 11.9. The molecule has 0 amide bonds. The number of hydrogen-bond acceptors (Lipinski definition) is 5. The summed E-state index contributed by atoms with van der Waals surface area (Å²) in [6.07, 6.45) is 0. The summed E-state index contributed by atoms with van der Waals surface area (Å²) in [6, 6.07) is 4.41. The molecule has 7 heteroatoms. The van der Waals surface area contributed by atoms with Crippen molar-refractivity contribution in [3.05, 3.63) is 18.2 Å². The van der Waals surface area contributed by atoms with Crippen LogP contribution in [0.3, 0.4) is 0 Å². The van der Waals surface area contributed by atoms with Crippen LogP contribution in [-0.4, -0.2) is 44.4 Å². The second kappa shape index (κ2) is 4.66. The second-order valence-electron chi connectivity index (χ2n) is 5.50. The molecule has 0 saturated heterocycles. The lowest BCUT2D eigenvalue weighted by Gasteiger charge is -2.39. The first-order chi connectivity index (χ1) is 9.11. The van der Waals surface area contributed by atoms with Gasteiger partial charge in [-0.1, -0.05) is 0 Å². The van der Waals surface area contributed by atoms with Gasteiger partial charge in [0.1, 0.15) is 11.4 Å². The van der Waals surface area contributed by atoms with E-state index in [1.165, 1.54) is 12.1 Å². The Balaban J connectivity index is 2.43. The molecule has 0 atom stereocenters. The molecule has 0 bridgehead atoms. The number of likely N-dealkylation sites (N-methyl/N-ethyl adjacent to an activating group) is 1. The van der Waals surface area contributed by atoms with E-state index in [1.54, 1.807) is 6.07 Å². The van der Waals surface area contributed by atoms with Crippen molar-refractivity contribution in [3.8, 4) is 5.75 Å². The predicted molar refractivity (Wildman–Crippen MR) is 74.1 cm³/mol. The SMILES string of the molecule is CN1CC(C)(C)Oc2ccc(S(=O)(=O)CC(=O)O)cc21. The number of aliphatic carboxylic acids is 1. The average Bonchev–Trinajstić information content (AvgIpc) is 2.24. The molecule has 1 aliphatic heterocycles. The number of ether oxygens (including phenoxy) is 1. The van der Waals surface area contributed by atoms with E-state index in [0.717, 1.165) is 0 Å². The van der Waals surface area contributed by atoms with Crippen LogP contribution in [0.4, 0.5) is 5.69 Å². The van der Waals surface area contributed by atoms with Crippen molar-refractivity contribution in [2.45, 2.75) is 24.3 Å². The molecule has 110 valence electrons. The summed E-state index contributed by atoms with van der Waals surface area (Å²) < 4.78 is 29.6. The zero-order valence-electron chi connectivity index (χ0n) is 11.6. The summed E-state index contributed by atoms with van der Waals surface area (Å²) in [5.74, 6) is -1.69. The van der Waals surface area contributed by atoms with Crippen LogP contribution >= 0.6 is 0 Å². The van der Waals surface area contributed by atoms with E-state index in [2.05, 4.69) is 0 Å². The van der Waals surface area contributed by atoms with Crippen LogP contribution in [0.2, 0.25) is 0 Å². The topological polar surface area (TPSA) is 83.9 Å². The fourth-order valence-corrected chi connectivity index (χ4v) is 3.37. The summed E-state index contributed by atoms with van der Waals surface area (Å²) in [6.45, 7) is 4.51. The van der Waals surface area contributed by atoms with Gasteiger partial charge in [-0.15, -0.1) is 0 Å². The molecule has 0 fully saturated rings. The van der Waals surface area contributed by atoms with Crippen molar-refractivity contribution in [2.75, 3.05) is 24.2 Å². The molecule has 0 saturated carbocycles. The minimum atomic E-state index is -3.83. The first-order valence-corrected chi connectivity index (χ1v) is 7.75. The average molecular weight is 299 g/mol. The lowest BCUT2D eigenvalue weighted by Crippen LogP contribution is -2.45. The molecule has 1 N–H and O–H groups in total. The molecule has 1 aromatic rings. The van der Waals surface area contributed by atoms with Crippen molar-refractivity contribution >= 4 is 21.5 Å². The van der Waals surface area contributed by atoms with Crippen molar-refractivity contribution in [1.82, 2.24) is 0 Å². The van der Waals surface area contributed by atoms with Crippen molar-refractivity contribution in [3.63, 3.8) is 0 Å². The fourth-order valence-electron chi connectivity index (χ4n) is 2.31. The lowest BCUT2D eigenvalue weighted by atomic mass is 10.1. The highest BCUT2D eigenvalue weighted by Gasteiger charge is 2.31. The summed E-state index contributed by atoms with van der Waals surface area (Å²) >= 11 is 0. The fraction of sp³-hybridized carbons (Fsp3) is 0.462. The number of nitrogens with zero attached hydrogens (tertiary/aromatic N) is 1. The van der Waals surface area contributed by atoms with E-state index < -0.39 is 21.6 Å².